The molecule has 0 rings (SSSR count). The number of nitrogens with zero attached hydrogens (tertiary/aromatic N) is 2. The fraction of sp³-hybridized carbons (Fsp3) is 0.800. The minimum Gasteiger partial charge on any atom is -0.450 e. The van der Waals surface area contributed by atoms with Crippen LogP contribution in [0.15, 0.2) is 0 Å². The maximum Gasteiger partial charge on any atom is 0.410 e. The zero-order chi connectivity index (χ0) is 18.3. The highest BCUT2D eigenvalue weighted by Gasteiger charge is 2.36. The molecule has 0 aromatic rings. The largest absolute Gasteiger partial charge is 0.450 e. The van der Waals surface area contributed by atoms with Crippen LogP contribution in [0.2, 0.25) is 0 Å². The molecule has 144 valence electrons. The van der Waals surface area contributed by atoms with E-state index in [2.05, 4.69) is 13.8 Å². The molecular weight excluding hydrogens is 390 g/mol. The van der Waals surface area contributed by atoms with Crippen LogP contribution in [-0.4, -0.2) is 71.7 Å². The van der Waals surface area contributed by atoms with Gasteiger partial charge in [0.25, 0.3) is 0 Å². The van der Waals surface area contributed by atoms with Gasteiger partial charge in [0.05, 0.1) is 13.2 Å². The molecule has 0 bridgehead atoms. The Morgan fingerprint density at radius 3 is 1.42 bits per heavy atom. The van der Waals surface area contributed by atoms with Gasteiger partial charge in [-0.05, 0) is 13.8 Å². The van der Waals surface area contributed by atoms with E-state index in [4.69, 9.17) is 0 Å². The zero-order valence-corrected chi connectivity index (χ0v) is 16.4. The minimum absolute atomic E-state index is 0. The van der Waals surface area contributed by atoms with Crippen molar-refractivity contribution in [2.45, 2.75) is 13.8 Å². The van der Waals surface area contributed by atoms with Gasteiger partial charge in [-0.15, -0.1) is 12.4 Å². The summed E-state index contributed by atoms with van der Waals surface area (Å²) in [6.07, 6.45) is -3.47. The minimum atomic E-state index is -4.62. The van der Waals surface area contributed by atoms with Crippen molar-refractivity contribution in [3.63, 3.8) is 0 Å². The van der Waals surface area contributed by atoms with Crippen LogP contribution < -0.4 is 0 Å². The molecular formula is C10H23ClN2O9P2. The summed E-state index contributed by atoms with van der Waals surface area (Å²) in [6, 6.07) is 0. The average molecular weight is 413 g/mol. The molecule has 2 atom stereocenters. The summed E-state index contributed by atoms with van der Waals surface area (Å²) >= 11 is 0. The van der Waals surface area contributed by atoms with E-state index in [-0.39, 0.29) is 25.6 Å². The summed E-state index contributed by atoms with van der Waals surface area (Å²) in [5.74, 6) is 0. The third kappa shape index (κ3) is 10.1. The number of rotatable bonds is 8. The van der Waals surface area contributed by atoms with Gasteiger partial charge in [0.2, 0.25) is 0 Å². The van der Waals surface area contributed by atoms with Crippen LogP contribution in [0.3, 0.4) is 0 Å². The Labute approximate surface area is 146 Å². The van der Waals surface area contributed by atoms with Gasteiger partial charge in [-0.2, -0.15) is 0 Å². The number of hydrogen-bond acceptors (Lipinski definition) is 7. The predicted molar refractivity (Wildman–Crippen MR) is 87.3 cm³/mol. The highest BCUT2D eigenvalue weighted by atomic mass is 35.5. The fourth-order valence-electron chi connectivity index (χ4n) is 1.37. The van der Waals surface area contributed by atoms with Crippen molar-refractivity contribution in [2.24, 2.45) is 0 Å². The summed E-state index contributed by atoms with van der Waals surface area (Å²) in [6.45, 7) is 3.22. The molecule has 0 saturated heterocycles. The number of carbonyl (C=O) groups excluding carboxylic acids is 2. The van der Waals surface area contributed by atoms with E-state index in [0.29, 0.717) is 0 Å². The van der Waals surface area contributed by atoms with E-state index >= 15 is 0 Å². The van der Waals surface area contributed by atoms with Crippen LogP contribution in [0, 0.1) is 0 Å². The average Bonchev–Trinajstić information content (AvgIpc) is 2.36. The van der Waals surface area contributed by atoms with Gasteiger partial charge >= 0.3 is 27.4 Å². The van der Waals surface area contributed by atoms with E-state index in [9.17, 15) is 28.5 Å². The summed E-state index contributed by atoms with van der Waals surface area (Å²) in [7, 11) is -6.90. The van der Waals surface area contributed by atoms with Crippen molar-refractivity contribution in [2.75, 3.05) is 39.9 Å². The second-order valence-electron chi connectivity index (χ2n) is 4.43. The van der Waals surface area contributed by atoms with Gasteiger partial charge < -0.3 is 19.3 Å². The Balaban J connectivity index is 0. The van der Waals surface area contributed by atoms with Crippen molar-refractivity contribution in [1.82, 2.24) is 9.80 Å². The lowest BCUT2D eigenvalue weighted by molar-refractivity contribution is 0.118. The second-order valence-corrected chi connectivity index (χ2v) is 8.20. The fourth-order valence-corrected chi connectivity index (χ4v) is 4.68. The monoisotopic (exact) mass is 412 g/mol. The summed E-state index contributed by atoms with van der Waals surface area (Å²) < 4.78 is 37.2. The van der Waals surface area contributed by atoms with E-state index in [1.165, 1.54) is 0 Å². The molecule has 0 spiro atoms. The van der Waals surface area contributed by atoms with Gasteiger partial charge in [-0.3, -0.25) is 18.9 Å². The van der Waals surface area contributed by atoms with Crippen molar-refractivity contribution in [3.05, 3.63) is 0 Å². The zero-order valence-electron chi connectivity index (χ0n) is 13.8. The lowest BCUT2D eigenvalue weighted by Crippen LogP contribution is -2.30. The Morgan fingerprint density at radius 2 is 1.17 bits per heavy atom. The Morgan fingerprint density at radius 1 is 0.875 bits per heavy atom. The standard InChI is InChI=1S/C10H22N2O9P2.ClH/c1-5-19-9(13)11(3)7-22(15,16)21-23(17,18)8-12(4)10(14)20-6-2;/h5-8H2,1-4H3,(H,15,16)(H,17,18);1H. The van der Waals surface area contributed by atoms with Crippen molar-refractivity contribution >= 4 is 39.8 Å². The van der Waals surface area contributed by atoms with E-state index in [1.54, 1.807) is 13.8 Å². The third-order valence-electron chi connectivity index (χ3n) is 2.20. The summed E-state index contributed by atoms with van der Waals surface area (Å²) in [5, 5.41) is 0. The van der Waals surface area contributed by atoms with Crippen LogP contribution in [-0.2, 0) is 22.9 Å². The quantitative estimate of drug-likeness (QED) is 0.571. The number of halogens is 1. The first-order valence-corrected chi connectivity index (χ1v) is 10.1. The molecule has 0 aliphatic heterocycles. The van der Waals surface area contributed by atoms with Crippen LogP contribution in [0.25, 0.3) is 0 Å². The lowest BCUT2D eigenvalue weighted by Gasteiger charge is -2.24. The Hall–Kier alpha value is -0.830. The molecule has 0 saturated carbocycles. The molecule has 0 aromatic heterocycles. The van der Waals surface area contributed by atoms with Crippen LogP contribution in [0.5, 0.6) is 0 Å². The maximum atomic E-state index is 11.8. The lowest BCUT2D eigenvalue weighted by atomic mass is 10.8. The number of hydrogen-bond donors (Lipinski definition) is 2. The van der Waals surface area contributed by atoms with Gasteiger partial charge in [-0.25, -0.2) is 13.9 Å². The molecule has 0 radical (unpaired) electrons. The van der Waals surface area contributed by atoms with E-state index in [1.807, 2.05) is 0 Å². The van der Waals surface area contributed by atoms with Gasteiger partial charge in [0, 0.05) is 14.1 Å². The second kappa shape index (κ2) is 10.9. The first kappa shape index (κ1) is 25.4. The van der Waals surface area contributed by atoms with Crippen molar-refractivity contribution in [1.29, 1.82) is 0 Å². The van der Waals surface area contributed by atoms with Crippen LogP contribution in [0.4, 0.5) is 9.59 Å². The summed E-state index contributed by atoms with van der Waals surface area (Å²) in [5.41, 5.74) is 0. The third-order valence-corrected chi connectivity index (χ3v) is 5.80. The Kier molecular flexibility index (Phi) is 11.6. The normalized spacial score (nSPS) is 15.2. The van der Waals surface area contributed by atoms with Crippen molar-refractivity contribution < 1.29 is 42.3 Å². The molecule has 2 amide bonds. The van der Waals surface area contributed by atoms with Gasteiger partial charge in [0.1, 0.15) is 12.6 Å². The number of amides is 2. The van der Waals surface area contributed by atoms with Gasteiger partial charge in [0.15, 0.2) is 0 Å². The molecule has 24 heavy (non-hydrogen) atoms. The molecule has 2 unspecified atom stereocenters. The molecule has 0 aliphatic rings. The molecule has 0 aromatic carbocycles. The highest BCUT2D eigenvalue weighted by molar-refractivity contribution is 7.66. The smallest absolute Gasteiger partial charge is 0.410 e. The van der Waals surface area contributed by atoms with Gasteiger partial charge in [-0.1, -0.05) is 0 Å². The van der Waals surface area contributed by atoms with Crippen LogP contribution in [0.1, 0.15) is 13.8 Å². The molecule has 2 N–H and O–H groups in total. The first-order valence-electron chi connectivity index (χ1n) is 6.54. The Bertz CT molecular complexity index is 475. The maximum absolute atomic E-state index is 11.8. The molecule has 0 fully saturated rings. The molecule has 11 nitrogen and oxygen atoms in total. The van der Waals surface area contributed by atoms with E-state index < -0.39 is 39.9 Å². The van der Waals surface area contributed by atoms with E-state index in [0.717, 1.165) is 23.9 Å². The van der Waals surface area contributed by atoms with Crippen LogP contribution >= 0.6 is 27.6 Å². The molecule has 0 aliphatic carbocycles. The SMILES string of the molecule is CCOC(=O)N(C)CP(=O)(O)OP(=O)(O)CN(C)C(=O)OCC.Cl. The number of carbonyl (C=O) groups is 2. The first-order chi connectivity index (χ1) is 10.4. The topological polar surface area (TPSA) is 143 Å². The highest BCUT2D eigenvalue weighted by Crippen LogP contribution is 2.59. The summed E-state index contributed by atoms with van der Waals surface area (Å²) in [4.78, 5) is 43.4. The molecule has 14 heteroatoms. The molecule has 0 heterocycles. The number of ether oxygens (including phenoxy) is 2. The van der Waals surface area contributed by atoms with Crippen molar-refractivity contribution in [3.8, 4) is 0 Å². The predicted octanol–water partition coefficient (Wildman–Crippen LogP) is 1.89.